The van der Waals surface area contributed by atoms with E-state index in [1.165, 1.54) is 81.1 Å². The molecule has 0 unspecified atom stereocenters. The summed E-state index contributed by atoms with van der Waals surface area (Å²) in [6, 6.07) is 57.3. The van der Waals surface area contributed by atoms with E-state index in [0.717, 1.165) is 28.8 Å². The van der Waals surface area contributed by atoms with Crippen molar-refractivity contribution in [2.24, 2.45) is 0 Å². The van der Waals surface area contributed by atoms with Gasteiger partial charge in [0, 0.05) is 58.7 Å². The number of hydrogen-bond donors (Lipinski definition) is 0. The molecular weight excluding hydrogens is 749 g/mol. The fourth-order valence-electron chi connectivity index (χ4n) is 10.0. The highest BCUT2D eigenvalue weighted by atomic mass is 32.1. The fourth-order valence-corrected chi connectivity index (χ4v) is 11.1. The lowest BCUT2D eigenvalue weighted by atomic mass is 9.63. The van der Waals surface area contributed by atoms with Crippen molar-refractivity contribution < 1.29 is 0 Å². The lowest BCUT2D eigenvalue weighted by Crippen LogP contribution is -2.33. The second-order valence-corrected chi connectivity index (χ2v) is 18.9. The Hall–Kier alpha value is -6.69. The standard InChI is InChI=1S/C55H42N4S/c1-54(2)27-28-55(3,4)45-32-46-43(31-44(45)54)49-40-22-10-8-19-37(40)38-20-9-11-23-41(38)50(49)59(46)36-18-14-17-34(29-36)52-56-51(33-15-6-5-7-16-33)57-53(58-52)35-25-26-48-42(30-35)39-21-12-13-24-47(39)60-48/h5-26,29-32H,27-28H2,1-4H3. The molecule has 0 radical (unpaired) electrons. The van der Waals surface area contributed by atoms with Gasteiger partial charge in [-0.1, -0.05) is 137 Å². The van der Waals surface area contributed by atoms with Crippen molar-refractivity contribution in [2.75, 3.05) is 0 Å². The minimum absolute atomic E-state index is 0.0553. The number of nitrogens with zero attached hydrogens (tertiary/aromatic N) is 4. The first kappa shape index (κ1) is 35.3. The molecule has 1 aliphatic rings. The summed E-state index contributed by atoms with van der Waals surface area (Å²) in [5.74, 6) is 1.96. The molecule has 5 heteroatoms. The molecule has 0 saturated carbocycles. The molecule has 0 spiro atoms. The molecule has 0 fully saturated rings. The molecule has 0 aliphatic heterocycles. The second kappa shape index (κ2) is 12.9. The lowest BCUT2D eigenvalue weighted by molar-refractivity contribution is 0.332. The van der Waals surface area contributed by atoms with Gasteiger partial charge in [-0.15, -0.1) is 11.3 Å². The van der Waals surface area contributed by atoms with Crippen LogP contribution >= 0.6 is 11.3 Å². The molecule has 3 heterocycles. The van der Waals surface area contributed by atoms with Crippen LogP contribution in [0, 0.1) is 0 Å². The van der Waals surface area contributed by atoms with Gasteiger partial charge in [-0.05, 0) is 99.5 Å². The number of benzene rings is 8. The normalized spacial score (nSPS) is 14.8. The van der Waals surface area contributed by atoms with E-state index in [2.05, 4.69) is 172 Å². The Morgan fingerprint density at radius 2 is 0.983 bits per heavy atom. The number of aromatic nitrogens is 4. The fraction of sp³-hybridized carbons (Fsp3) is 0.145. The predicted octanol–water partition coefficient (Wildman–Crippen LogP) is 15.0. The van der Waals surface area contributed by atoms with Crippen LogP contribution in [-0.4, -0.2) is 19.5 Å². The maximum Gasteiger partial charge on any atom is 0.164 e. The molecule has 11 aromatic rings. The third kappa shape index (κ3) is 5.32. The van der Waals surface area contributed by atoms with E-state index in [4.69, 9.17) is 15.0 Å². The van der Waals surface area contributed by atoms with Crippen LogP contribution in [0.25, 0.3) is 103 Å². The Balaban J connectivity index is 1.13. The van der Waals surface area contributed by atoms with Crippen molar-refractivity contribution in [1.82, 2.24) is 19.5 Å². The molecule has 60 heavy (non-hydrogen) atoms. The first-order valence-electron chi connectivity index (χ1n) is 21.0. The molecule has 0 bridgehead atoms. The van der Waals surface area contributed by atoms with Crippen molar-refractivity contribution in [2.45, 2.75) is 51.4 Å². The SMILES string of the molecule is CC1(C)CCC(C)(C)c2cc3c(cc21)c1c2ccccc2c2ccccc2c1n3-c1cccc(-c2nc(-c3ccccc3)nc(-c3ccc4sc5ccccc5c4c3)n2)c1. The van der Waals surface area contributed by atoms with Gasteiger partial charge < -0.3 is 4.57 Å². The molecule has 12 rings (SSSR count). The minimum atomic E-state index is 0.0553. The average molecular weight is 791 g/mol. The summed E-state index contributed by atoms with van der Waals surface area (Å²) in [5, 5.41) is 10.1. The highest BCUT2D eigenvalue weighted by Crippen LogP contribution is 2.50. The molecular formula is C55H42N4S. The first-order valence-corrected chi connectivity index (χ1v) is 21.8. The zero-order chi connectivity index (χ0) is 40.3. The van der Waals surface area contributed by atoms with Crippen LogP contribution in [-0.2, 0) is 10.8 Å². The average Bonchev–Trinajstić information content (AvgIpc) is 3.84. The molecule has 0 amide bonds. The van der Waals surface area contributed by atoms with E-state index in [1.54, 1.807) is 0 Å². The van der Waals surface area contributed by atoms with Gasteiger partial charge >= 0.3 is 0 Å². The Bertz CT molecular complexity index is 3550. The van der Waals surface area contributed by atoms with E-state index >= 15 is 0 Å². The molecule has 0 saturated heterocycles. The molecule has 0 atom stereocenters. The molecule has 4 nitrogen and oxygen atoms in total. The summed E-state index contributed by atoms with van der Waals surface area (Å²) < 4.78 is 5.06. The quantitative estimate of drug-likeness (QED) is 0.167. The van der Waals surface area contributed by atoms with Crippen molar-refractivity contribution >= 4 is 74.9 Å². The van der Waals surface area contributed by atoms with Crippen molar-refractivity contribution in [3.05, 3.63) is 169 Å². The van der Waals surface area contributed by atoms with E-state index < -0.39 is 0 Å². The molecule has 3 aromatic heterocycles. The van der Waals surface area contributed by atoms with Gasteiger partial charge in [0.05, 0.1) is 11.0 Å². The van der Waals surface area contributed by atoms with E-state index in [1.807, 2.05) is 29.5 Å². The van der Waals surface area contributed by atoms with Gasteiger partial charge in [0.15, 0.2) is 17.5 Å². The largest absolute Gasteiger partial charge is 0.309 e. The van der Waals surface area contributed by atoms with Gasteiger partial charge in [0.1, 0.15) is 0 Å². The number of hydrogen-bond acceptors (Lipinski definition) is 4. The Kier molecular flexibility index (Phi) is 7.59. The highest BCUT2D eigenvalue weighted by Gasteiger charge is 2.38. The first-order chi connectivity index (χ1) is 29.2. The summed E-state index contributed by atoms with van der Waals surface area (Å²) in [5.41, 5.74) is 9.45. The monoisotopic (exact) mass is 790 g/mol. The summed E-state index contributed by atoms with van der Waals surface area (Å²) in [6.07, 6.45) is 2.32. The summed E-state index contributed by atoms with van der Waals surface area (Å²) >= 11 is 1.82. The zero-order valence-electron chi connectivity index (χ0n) is 34.1. The molecule has 1 aliphatic carbocycles. The Morgan fingerprint density at radius 1 is 0.433 bits per heavy atom. The van der Waals surface area contributed by atoms with E-state index in [9.17, 15) is 0 Å². The van der Waals surface area contributed by atoms with E-state index in [-0.39, 0.29) is 10.8 Å². The topological polar surface area (TPSA) is 43.6 Å². The molecule has 288 valence electrons. The molecule has 0 N–H and O–H groups in total. The number of thiophene rings is 1. The van der Waals surface area contributed by atoms with Crippen LogP contribution in [0.5, 0.6) is 0 Å². The van der Waals surface area contributed by atoms with Crippen molar-refractivity contribution in [1.29, 1.82) is 0 Å². The number of fused-ring (bicyclic) bond motifs is 12. The maximum atomic E-state index is 5.27. The van der Waals surface area contributed by atoms with Crippen LogP contribution in [0.1, 0.15) is 51.7 Å². The Labute approximate surface area is 352 Å². The molecule has 8 aromatic carbocycles. The summed E-state index contributed by atoms with van der Waals surface area (Å²) in [7, 11) is 0. The van der Waals surface area contributed by atoms with Crippen LogP contribution in [0.15, 0.2) is 158 Å². The Morgan fingerprint density at radius 3 is 1.72 bits per heavy atom. The van der Waals surface area contributed by atoms with Gasteiger partial charge in [-0.3, -0.25) is 0 Å². The zero-order valence-corrected chi connectivity index (χ0v) is 34.9. The van der Waals surface area contributed by atoms with Gasteiger partial charge in [0.25, 0.3) is 0 Å². The van der Waals surface area contributed by atoms with Crippen LogP contribution < -0.4 is 0 Å². The highest BCUT2D eigenvalue weighted by molar-refractivity contribution is 7.25. The third-order valence-electron chi connectivity index (χ3n) is 13.3. The van der Waals surface area contributed by atoms with Crippen LogP contribution in [0.4, 0.5) is 0 Å². The smallest absolute Gasteiger partial charge is 0.164 e. The summed E-state index contributed by atoms with van der Waals surface area (Å²) in [6.45, 7) is 9.70. The minimum Gasteiger partial charge on any atom is -0.309 e. The predicted molar refractivity (Wildman–Crippen MR) is 254 cm³/mol. The number of rotatable bonds is 4. The van der Waals surface area contributed by atoms with Gasteiger partial charge in [-0.2, -0.15) is 0 Å². The van der Waals surface area contributed by atoms with E-state index in [0.29, 0.717) is 17.5 Å². The van der Waals surface area contributed by atoms with Gasteiger partial charge in [0.2, 0.25) is 0 Å². The van der Waals surface area contributed by atoms with Crippen LogP contribution in [0.2, 0.25) is 0 Å². The second-order valence-electron chi connectivity index (χ2n) is 17.9. The van der Waals surface area contributed by atoms with Crippen molar-refractivity contribution in [3.63, 3.8) is 0 Å². The van der Waals surface area contributed by atoms with Crippen molar-refractivity contribution in [3.8, 4) is 39.9 Å². The third-order valence-corrected chi connectivity index (χ3v) is 14.4. The lowest BCUT2D eigenvalue weighted by Gasteiger charge is -2.42. The van der Waals surface area contributed by atoms with Gasteiger partial charge in [-0.25, -0.2) is 15.0 Å². The summed E-state index contributed by atoms with van der Waals surface area (Å²) in [4.78, 5) is 15.6. The maximum absolute atomic E-state index is 5.27. The van der Waals surface area contributed by atoms with Crippen LogP contribution in [0.3, 0.4) is 0 Å².